The zero-order valence-electron chi connectivity index (χ0n) is 13.9. The van der Waals surface area contributed by atoms with Crippen molar-refractivity contribution in [1.82, 2.24) is 0 Å². The fraction of sp³-hybridized carbons (Fsp3) is 0.350. The summed E-state index contributed by atoms with van der Waals surface area (Å²) in [7, 11) is -3.86. The van der Waals surface area contributed by atoms with Gasteiger partial charge in [-0.25, -0.2) is 13.6 Å². The fourth-order valence-electron chi connectivity index (χ4n) is 4.78. The summed E-state index contributed by atoms with van der Waals surface area (Å²) < 4.78 is 24.3. The highest BCUT2D eigenvalue weighted by molar-refractivity contribution is 7.89. The van der Waals surface area contributed by atoms with Crippen molar-refractivity contribution in [2.45, 2.75) is 36.5 Å². The van der Waals surface area contributed by atoms with Crippen molar-refractivity contribution in [3.8, 4) is 6.07 Å². The number of fused-ring (bicyclic) bond motifs is 3. The molecule has 5 heteroatoms. The van der Waals surface area contributed by atoms with Crippen LogP contribution in [0.25, 0.3) is 0 Å². The van der Waals surface area contributed by atoms with Crippen molar-refractivity contribution in [1.29, 1.82) is 5.26 Å². The molecule has 25 heavy (non-hydrogen) atoms. The number of primary sulfonamides is 1. The van der Waals surface area contributed by atoms with Gasteiger partial charge in [-0.2, -0.15) is 5.26 Å². The topological polar surface area (TPSA) is 83.9 Å². The van der Waals surface area contributed by atoms with Gasteiger partial charge in [-0.15, -0.1) is 0 Å². The standard InChI is InChI=1S/C20H20N2O2S/c21-12-13-5-8-18(19(9-13)25(22,23)24)20-16-6-7-17(20)11-15-4-2-1-3-14(15)10-16/h1-5,8-9,16-17,20H,6-7,10-11H2,(H2,22,23,24). The predicted octanol–water partition coefficient (Wildman–Crippen LogP) is 3.11. The van der Waals surface area contributed by atoms with Gasteiger partial charge in [0.05, 0.1) is 16.5 Å². The Bertz CT molecular complexity index is 942. The Morgan fingerprint density at radius 1 is 1.00 bits per heavy atom. The van der Waals surface area contributed by atoms with E-state index in [2.05, 4.69) is 24.3 Å². The van der Waals surface area contributed by atoms with E-state index in [9.17, 15) is 8.42 Å². The molecule has 1 fully saturated rings. The second-order valence-electron chi connectivity index (χ2n) is 7.21. The first-order valence-electron chi connectivity index (χ1n) is 8.61. The normalized spacial score (nSPS) is 25.0. The van der Waals surface area contributed by atoms with Gasteiger partial charge in [0.15, 0.2) is 0 Å². The Hall–Kier alpha value is -2.16. The van der Waals surface area contributed by atoms with Crippen LogP contribution in [-0.4, -0.2) is 8.42 Å². The molecule has 2 atom stereocenters. The summed E-state index contributed by atoms with van der Waals surface area (Å²) in [6, 6.07) is 15.5. The molecule has 0 aromatic heterocycles. The summed E-state index contributed by atoms with van der Waals surface area (Å²) in [6.07, 6.45) is 4.16. The first kappa shape index (κ1) is 16.3. The highest BCUT2D eigenvalue weighted by atomic mass is 32.2. The molecular weight excluding hydrogens is 332 g/mol. The van der Waals surface area contributed by atoms with Crippen LogP contribution < -0.4 is 5.14 Å². The van der Waals surface area contributed by atoms with Crippen LogP contribution in [0.15, 0.2) is 47.4 Å². The van der Waals surface area contributed by atoms with E-state index in [1.807, 2.05) is 12.1 Å². The van der Waals surface area contributed by atoms with Crippen molar-refractivity contribution in [3.05, 3.63) is 64.7 Å². The molecule has 4 rings (SSSR count). The highest BCUT2D eigenvalue weighted by Crippen LogP contribution is 2.50. The SMILES string of the molecule is N#Cc1ccc(C2C3CCC2Cc2ccccc2C3)c(S(N)(=O)=O)c1. The molecule has 2 N–H and O–H groups in total. The molecule has 0 radical (unpaired) electrons. The summed E-state index contributed by atoms with van der Waals surface area (Å²) in [5.41, 5.74) is 3.88. The monoisotopic (exact) mass is 352 g/mol. The Balaban J connectivity index is 1.83. The van der Waals surface area contributed by atoms with Gasteiger partial charge in [-0.05, 0) is 72.3 Å². The third kappa shape index (κ3) is 2.86. The van der Waals surface area contributed by atoms with Gasteiger partial charge in [-0.3, -0.25) is 0 Å². The molecular formula is C20H20N2O2S. The summed E-state index contributed by atoms with van der Waals surface area (Å²) in [5, 5.41) is 14.6. The molecule has 128 valence electrons. The average molecular weight is 352 g/mol. The molecule has 0 heterocycles. The lowest BCUT2D eigenvalue weighted by Crippen LogP contribution is -2.21. The maximum Gasteiger partial charge on any atom is 0.238 e. The minimum Gasteiger partial charge on any atom is -0.225 e. The van der Waals surface area contributed by atoms with Gasteiger partial charge in [0.25, 0.3) is 0 Å². The van der Waals surface area contributed by atoms with Gasteiger partial charge in [0, 0.05) is 0 Å². The van der Waals surface area contributed by atoms with Crippen LogP contribution in [0.2, 0.25) is 0 Å². The van der Waals surface area contributed by atoms with Crippen LogP contribution in [0.3, 0.4) is 0 Å². The maximum absolute atomic E-state index is 12.2. The second-order valence-corrected chi connectivity index (χ2v) is 8.74. The van der Waals surface area contributed by atoms with E-state index < -0.39 is 10.0 Å². The van der Waals surface area contributed by atoms with E-state index >= 15 is 0 Å². The van der Waals surface area contributed by atoms with Crippen LogP contribution in [-0.2, 0) is 22.9 Å². The summed E-state index contributed by atoms with van der Waals surface area (Å²) in [4.78, 5) is 0.124. The number of nitriles is 1. The third-order valence-electron chi connectivity index (χ3n) is 5.81. The van der Waals surface area contributed by atoms with Crippen molar-refractivity contribution < 1.29 is 8.42 Å². The predicted molar refractivity (Wildman–Crippen MR) is 95.3 cm³/mol. The van der Waals surface area contributed by atoms with Gasteiger partial charge >= 0.3 is 0 Å². The molecule has 0 saturated heterocycles. The van der Waals surface area contributed by atoms with E-state index in [-0.39, 0.29) is 10.8 Å². The van der Waals surface area contributed by atoms with Crippen LogP contribution >= 0.6 is 0 Å². The molecule has 4 nitrogen and oxygen atoms in total. The van der Waals surface area contributed by atoms with Crippen molar-refractivity contribution >= 4 is 10.0 Å². The molecule has 2 aliphatic rings. The van der Waals surface area contributed by atoms with Crippen LogP contribution in [0.1, 0.15) is 41.0 Å². The average Bonchev–Trinajstić information content (AvgIpc) is 2.88. The number of hydrogen-bond donors (Lipinski definition) is 1. The molecule has 2 aromatic carbocycles. The van der Waals surface area contributed by atoms with Crippen molar-refractivity contribution in [2.75, 3.05) is 0 Å². The Labute approximate surface area is 148 Å². The first-order chi connectivity index (χ1) is 12.0. The molecule has 2 aliphatic carbocycles. The number of benzene rings is 2. The van der Waals surface area contributed by atoms with Crippen molar-refractivity contribution in [2.24, 2.45) is 17.0 Å². The van der Waals surface area contributed by atoms with E-state index in [4.69, 9.17) is 10.4 Å². The van der Waals surface area contributed by atoms with Crippen LogP contribution in [0.4, 0.5) is 0 Å². The lowest BCUT2D eigenvalue weighted by Gasteiger charge is -2.25. The smallest absolute Gasteiger partial charge is 0.225 e. The van der Waals surface area contributed by atoms with Crippen LogP contribution in [0.5, 0.6) is 0 Å². The fourth-order valence-corrected chi connectivity index (χ4v) is 5.61. The minimum atomic E-state index is -3.86. The van der Waals surface area contributed by atoms with E-state index in [1.54, 1.807) is 6.07 Å². The van der Waals surface area contributed by atoms with E-state index in [0.29, 0.717) is 17.4 Å². The number of nitrogens with zero attached hydrogens (tertiary/aromatic N) is 1. The molecule has 2 bridgehead atoms. The zero-order valence-corrected chi connectivity index (χ0v) is 14.7. The van der Waals surface area contributed by atoms with E-state index in [0.717, 1.165) is 31.2 Å². The Morgan fingerprint density at radius 3 is 2.12 bits per heavy atom. The highest BCUT2D eigenvalue weighted by Gasteiger charge is 2.41. The quantitative estimate of drug-likeness (QED) is 0.901. The second kappa shape index (κ2) is 5.98. The maximum atomic E-state index is 12.2. The molecule has 0 aliphatic heterocycles. The first-order valence-corrected chi connectivity index (χ1v) is 10.2. The lowest BCUT2D eigenvalue weighted by molar-refractivity contribution is 0.417. The van der Waals surface area contributed by atoms with Crippen LogP contribution in [0, 0.1) is 23.2 Å². The molecule has 0 amide bonds. The van der Waals surface area contributed by atoms with E-state index in [1.165, 1.54) is 17.2 Å². The summed E-state index contributed by atoms with van der Waals surface area (Å²) >= 11 is 0. The summed E-state index contributed by atoms with van der Waals surface area (Å²) in [5.74, 6) is 1.01. The van der Waals surface area contributed by atoms with Gasteiger partial charge < -0.3 is 0 Å². The molecule has 0 spiro atoms. The lowest BCUT2D eigenvalue weighted by atomic mass is 9.81. The molecule has 2 aromatic rings. The van der Waals surface area contributed by atoms with Gasteiger partial charge in [0.1, 0.15) is 0 Å². The minimum absolute atomic E-state index is 0.124. The largest absolute Gasteiger partial charge is 0.238 e. The number of hydrogen-bond acceptors (Lipinski definition) is 3. The zero-order chi connectivity index (χ0) is 17.6. The number of rotatable bonds is 2. The Kier molecular flexibility index (Phi) is 3.90. The Morgan fingerprint density at radius 2 is 1.60 bits per heavy atom. The third-order valence-corrected chi connectivity index (χ3v) is 6.78. The molecule has 1 saturated carbocycles. The van der Waals surface area contributed by atoms with Gasteiger partial charge in [0.2, 0.25) is 10.0 Å². The van der Waals surface area contributed by atoms with Crippen molar-refractivity contribution in [3.63, 3.8) is 0 Å². The van der Waals surface area contributed by atoms with Gasteiger partial charge in [-0.1, -0.05) is 30.3 Å². The number of sulfonamides is 1. The molecule has 2 unspecified atom stereocenters. The number of nitrogens with two attached hydrogens (primary N) is 1. The summed E-state index contributed by atoms with van der Waals surface area (Å²) in [6.45, 7) is 0.